The molecule has 5 nitrogen and oxygen atoms in total. The lowest BCUT2D eigenvalue weighted by Crippen LogP contribution is -2.48. The molecule has 1 aliphatic heterocycles. The number of hydrogen-bond donors (Lipinski definition) is 1. The van der Waals surface area contributed by atoms with Crippen molar-refractivity contribution >= 4 is 5.97 Å². The van der Waals surface area contributed by atoms with Crippen molar-refractivity contribution in [1.29, 1.82) is 0 Å². The van der Waals surface area contributed by atoms with Crippen molar-refractivity contribution in [2.45, 2.75) is 32.8 Å². The van der Waals surface area contributed by atoms with Crippen molar-refractivity contribution < 1.29 is 14.6 Å². The minimum Gasteiger partial charge on any atom is -0.481 e. The summed E-state index contributed by atoms with van der Waals surface area (Å²) in [5, 5.41) is 8.63. The maximum Gasteiger partial charge on any atom is 0.304 e. The molecular weight excluding hydrogens is 232 g/mol. The number of piperazine rings is 1. The van der Waals surface area contributed by atoms with Gasteiger partial charge in [0.05, 0.1) is 18.6 Å². The summed E-state index contributed by atoms with van der Waals surface area (Å²) in [6.07, 6.45) is 0.243. The Bertz CT molecular complexity index is 255. The molecule has 0 saturated carbocycles. The van der Waals surface area contributed by atoms with Crippen molar-refractivity contribution in [2.75, 3.05) is 45.9 Å². The first-order valence-corrected chi connectivity index (χ1v) is 6.67. The molecule has 1 aliphatic rings. The lowest BCUT2D eigenvalue weighted by molar-refractivity contribution is -0.137. The highest BCUT2D eigenvalue weighted by Crippen LogP contribution is 2.07. The molecule has 0 bridgehead atoms. The Morgan fingerprint density at radius 2 is 1.61 bits per heavy atom. The minimum absolute atomic E-state index is 0.0662. The van der Waals surface area contributed by atoms with Crippen LogP contribution in [0.5, 0.6) is 0 Å². The van der Waals surface area contributed by atoms with Crippen molar-refractivity contribution in [2.24, 2.45) is 0 Å². The van der Waals surface area contributed by atoms with Crippen molar-refractivity contribution in [3.8, 4) is 0 Å². The first-order valence-electron chi connectivity index (χ1n) is 6.67. The molecule has 1 fully saturated rings. The first-order chi connectivity index (χ1) is 8.37. The third kappa shape index (κ3) is 6.93. The summed E-state index contributed by atoms with van der Waals surface area (Å²) in [5.41, 5.74) is -0.0662. The van der Waals surface area contributed by atoms with E-state index in [4.69, 9.17) is 9.84 Å². The summed E-state index contributed by atoms with van der Waals surface area (Å²) in [6, 6.07) is 0. The molecule has 0 radical (unpaired) electrons. The molecule has 0 aromatic rings. The second kappa shape index (κ2) is 7.07. The van der Waals surface area contributed by atoms with Crippen LogP contribution in [0.15, 0.2) is 0 Å². The highest BCUT2D eigenvalue weighted by Gasteiger charge is 2.18. The highest BCUT2D eigenvalue weighted by atomic mass is 16.5. The van der Waals surface area contributed by atoms with E-state index in [1.807, 2.05) is 0 Å². The Hall–Kier alpha value is -0.650. The number of rotatable bonds is 6. The van der Waals surface area contributed by atoms with Crippen molar-refractivity contribution in [3.63, 3.8) is 0 Å². The van der Waals surface area contributed by atoms with Crippen LogP contribution in [0.3, 0.4) is 0 Å². The van der Waals surface area contributed by atoms with Gasteiger partial charge in [-0.1, -0.05) is 0 Å². The molecule has 18 heavy (non-hydrogen) atoms. The fourth-order valence-corrected chi connectivity index (χ4v) is 1.97. The fourth-order valence-electron chi connectivity index (χ4n) is 1.97. The van der Waals surface area contributed by atoms with Gasteiger partial charge in [0.2, 0.25) is 0 Å². The molecule has 0 amide bonds. The molecular formula is C13H26N2O3. The van der Waals surface area contributed by atoms with Crippen molar-refractivity contribution in [3.05, 3.63) is 0 Å². The van der Waals surface area contributed by atoms with E-state index in [1.165, 1.54) is 0 Å². The van der Waals surface area contributed by atoms with E-state index >= 15 is 0 Å². The van der Waals surface area contributed by atoms with Crippen LogP contribution in [-0.2, 0) is 9.53 Å². The summed E-state index contributed by atoms with van der Waals surface area (Å²) >= 11 is 0. The smallest absolute Gasteiger partial charge is 0.304 e. The fraction of sp³-hybridized carbons (Fsp3) is 0.923. The van der Waals surface area contributed by atoms with Gasteiger partial charge < -0.3 is 14.7 Å². The number of nitrogens with zero attached hydrogens (tertiary/aromatic N) is 2. The van der Waals surface area contributed by atoms with Gasteiger partial charge in [-0.3, -0.25) is 9.69 Å². The number of carboxylic acids is 1. The first kappa shape index (κ1) is 15.4. The van der Waals surface area contributed by atoms with Gasteiger partial charge in [0.25, 0.3) is 0 Å². The van der Waals surface area contributed by atoms with Gasteiger partial charge in [-0.15, -0.1) is 0 Å². The predicted octanol–water partition coefficient (Wildman–Crippen LogP) is 0.894. The zero-order valence-electron chi connectivity index (χ0n) is 11.8. The molecule has 0 unspecified atom stereocenters. The van der Waals surface area contributed by atoms with Gasteiger partial charge in [0.15, 0.2) is 0 Å². The number of carboxylic acid groups (broad SMARTS) is 1. The lowest BCUT2D eigenvalue weighted by Gasteiger charge is -2.34. The van der Waals surface area contributed by atoms with E-state index in [-0.39, 0.29) is 12.0 Å². The second-order valence-corrected chi connectivity index (χ2v) is 5.79. The van der Waals surface area contributed by atoms with Crippen LogP contribution in [0.1, 0.15) is 27.2 Å². The van der Waals surface area contributed by atoms with Crippen LogP contribution in [0.4, 0.5) is 0 Å². The van der Waals surface area contributed by atoms with E-state index in [1.54, 1.807) is 0 Å². The van der Waals surface area contributed by atoms with Crippen LogP contribution < -0.4 is 0 Å². The van der Waals surface area contributed by atoms with Crippen LogP contribution in [0, 0.1) is 0 Å². The average molecular weight is 258 g/mol. The minimum atomic E-state index is -0.712. The predicted molar refractivity (Wildman–Crippen MR) is 70.8 cm³/mol. The summed E-state index contributed by atoms with van der Waals surface area (Å²) in [5.74, 6) is -0.712. The van der Waals surface area contributed by atoms with Crippen LogP contribution in [-0.4, -0.2) is 72.4 Å². The standard InChI is InChI=1S/C13H26N2O3/c1-13(2,3)18-11-10-15-8-6-14(7-9-15)5-4-12(16)17/h4-11H2,1-3H3,(H,16,17). The molecule has 106 valence electrons. The SMILES string of the molecule is CC(C)(C)OCCN1CCN(CCC(=O)O)CC1. The Labute approximate surface area is 110 Å². The quantitative estimate of drug-likeness (QED) is 0.767. The van der Waals surface area contributed by atoms with Crippen LogP contribution in [0.2, 0.25) is 0 Å². The van der Waals surface area contributed by atoms with Gasteiger partial charge in [-0.2, -0.15) is 0 Å². The van der Waals surface area contributed by atoms with Gasteiger partial charge in [0, 0.05) is 39.3 Å². The monoisotopic (exact) mass is 258 g/mol. The maximum absolute atomic E-state index is 10.5. The summed E-state index contributed by atoms with van der Waals surface area (Å²) < 4.78 is 5.70. The van der Waals surface area contributed by atoms with Crippen LogP contribution in [0.25, 0.3) is 0 Å². The molecule has 0 aliphatic carbocycles. The molecule has 1 N–H and O–H groups in total. The normalized spacial score (nSPS) is 19.1. The Morgan fingerprint density at radius 3 is 2.06 bits per heavy atom. The molecule has 0 aromatic carbocycles. The lowest BCUT2D eigenvalue weighted by atomic mass is 10.2. The van der Waals surface area contributed by atoms with Gasteiger partial charge >= 0.3 is 5.97 Å². The molecule has 0 aromatic heterocycles. The van der Waals surface area contributed by atoms with Gasteiger partial charge in [-0.05, 0) is 20.8 Å². The van der Waals surface area contributed by atoms with E-state index < -0.39 is 5.97 Å². The number of aliphatic carboxylic acids is 1. The molecule has 5 heteroatoms. The number of carbonyl (C=O) groups is 1. The second-order valence-electron chi connectivity index (χ2n) is 5.79. The molecule has 1 saturated heterocycles. The Kier molecular flexibility index (Phi) is 6.05. The highest BCUT2D eigenvalue weighted by molar-refractivity contribution is 5.66. The molecule has 1 rings (SSSR count). The Morgan fingerprint density at radius 1 is 1.11 bits per heavy atom. The Balaban J connectivity index is 2.10. The van der Waals surface area contributed by atoms with E-state index in [2.05, 4.69) is 30.6 Å². The molecule has 1 heterocycles. The summed E-state index contributed by atoms with van der Waals surface area (Å²) in [7, 11) is 0. The van der Waals surface area contributed by atoms with Gasteiger partial charge in [-0.25, -0.2) is 0 Å². The van der Waals surface area contributed by atoms with E-state index in [9.17, 15) is 4.79 Å². The average Bonchev–Trinajstić information content (AvgIpc) is 2.26. The van der Waals surface area contributed by atoms with E-state index in [0.29, 0.717) is 6.54 Å². The largest absolute Gasteiger partial charge is 0.481 e. The zero-order chi connectivity index (χ0) is 13.6. The summed E-state index contributed by atoms with van der Waals surface area (Å²) in [4.78, 5) is 15.1. The summed E-state index contributed by atoms with van der Waals surface area (Å²) in [6.45, 7) is 12.5. The molecule has 0 spiro atoms. The zero-order valence-corrected chi connectivity index (χ0v) is 11.8. The topological polar surface area (TPSA) is 53.0 Å². The number of hydrogen-bond acceptors (Lipinski definition) is 4. The van der Waals surface area contributed by atoms with Gasteiger partial charge in [0.1, 0.15) is 0 Å². The third-order valence-electron chi connectivity index (χ3n) is 3.05. The van der Waals surface area contributed by atoms with Crippen molar-refractivity contribution in [1.82, 2.24) is 9.80 Å². The molecule has 0 atom stereocenters. The van der Waals surface area contributed by atoms with Crippen LogP contribution >= 0.6 is 0 Å². The van der Waals surface area contributed by atoms with E-state index in [0.717, 1.165) is 39.3 Å². The number of ether oxygens (including phenoxy) is 1. The maximum atomic E-state index is 10.5. The third-order valence-corrected chi connectivity index (χ3v) is 3.05.